The van der Waals surface area contributed by atoms with E-state index in [4.69, 9.17) is 15.2 Å². The number of nitrogens with one attached hydrogen (secondary N) is 1. The summed E-state index contributed by atoms with van der Waals surface area (Å²) in [6, 6.07) is 6.13. The Labute approximate surface area is 109 Å². The summed E-state index contributed by atoms with van der Waals surface area (Å²) in [6.45, 7) is 5.61. The van der Waals surface area contributed by atoms with Crippen LogP contribution in [0.3, 0.4) is 0 Å². The summed E-state index contributed by atoms with van der Waals surface area (Å²) in [5.74, 6) is 0.751. The van der Waals surface area contributed by atoms with Crippen molar-refractivity contribution in [2.45, 2.75) is 32.7 Å². The minimum absolute atomic E-state index is 0.314. The molecule has 0 radical (unpaired) electrons. The molecule has 0 fully saturated rings. The molecule has 3 N–H and O–H groups in total. The molecule has 0 aliphatic rings. The van der Waals surface area contributed by atoms with E-state index in [0.717, 1.165) is 30.9 Å². The smallest absolute Gasteiger partial charge is 0.144 e. The van der Waals surface area contributed by atoms with E-state index >= 15 is 0 Å². The molecule has 0 aliphatic heterocycles. The Balaban J connectivity index is 2.64. The number of nitrogen functional groups attached to an aromatic ring is 1. The van der Waals surface area contributed by atoms with Crippen LogP contribution >= 0.6 is 0 Å². The fourth-order valence-corrected chi connectivity index (χ4v) is 1.64. The van der Waals surface area contributed by atoms with E-state index in [-0.39, 0.29) is 0 Å². The van der Waals surface area contributed by atoms with Gasteiger partial charge in [0.25, 0.3) is 0 Å². The summed E-state index contributed by atoms with van der Waals surface area (Å²) in [7, 11) is 1.71. The van der Waals surface area contributed by atoms with Crippen LogP contribution in [0.25, 0.3) is 0 Å². The predicted molar refractivity (Wildman–Crippen MR) is 76.2 cm³/mol. The summed E-state index contributed by atoms with van der Waals surface area (Å²) in [6.07, 6.45) is 1.91. The van der Waals surface area contributed by atoms with Crippen molar-refractivity contribution < 1.29 is 9.47 Å². The van der Waals surface area contributed by atoms with Gasteiger partial charge in [0.15, 0.2) is 0 Å². The number of rotatable bonds is 8. The predicted octanol–water partition coefficient (Wildman–Crippen LogP) is 2.89. The van der Waals surface area contributed by atoms with Crippen molar-refractivity contribution in [3.8, 4) is 5.75 Å². The first-order valence-electron chi connectivity index (χ1n) is 6.45. The molecule has 0 saturated heterocycles. The first-order chi connectivity index (χ1) is 8.69. The van der Waals surface area contributed by atoms with Gasteiger partial charge < -0.3 is 20.5 Å². The lowest BCUT2D eigenvalue weighted by Crippen LogP contribution is -2.18. The Morgan fingerprint density at radius 1 is 1.33 bits per heavy atom. The molecule has 0 spiro atoms. The average molecular weight is 252 g/mol. The van der Waals surface area contributed by atoms with Crippen molar-refractivity contribution in [2.75, 3.05) is 31.4 Å². The quantitative estimate of drug-likeness (QED) is 0.698. The lowest BCUT2D eigenvalue weighted by atomic mass is 10.2. The van der Waals surface area contributed by atoms with Crippen molar-refractivity contribution in [3.05, 3.63) is 18.2 Å². The van der Waals surface area contributed by atoms with E-state index in [1.807, 2.05) is 18.2 Å². The third-order valence-corrected chi connectivity index (χ3v) is 2.68. The van der Waals surface area contributed by atoms with Crippen LogP contribution in [0.4, 0.5) is 11.4 Å². The summed E-state index contributed by atoms with van der Waals surface area (Å²) in [4.78, 5) is 0. The van der Waals surface area contributed by atoms with Crippen LogP contribution in [0.15, 0.2) is 18.2 Å². The van der Waals surface area contributed by atoms with Crippen molar-refractivity contribution in [3.63, 3.8) is 0 Å². The van der Waals surface area contributed by atoms with Gasteiger partial charge in [-0.05, 0) is 31.9 Å². The Bertz CT molecular complexity index is 356. The molecular formula is C14H24N2O2. The number of methoxy groups -OCH3 is 1. The molecule has 0 saturated carbocycles. The molecule has 102 valence electrons. The second kappa shape index (κ2) is 7.82. The lowest BCUT2D eigenvalue weighted by molar-refractivity contribution is 0.191. The number of nitrogens with two attached hydrogens (primary N) is 1. The maximum atomic E-state index is 6.08. The summed E-state index contributed by atoms with van der Waals surface area (Å²) < 4.78 is 10.7. The van der Waals surface area contributed by atoms with E-state index in [1.165, 1.54) is 0 Å². The van der Waals surface area contributed by atoms with E-state index in [1.54, 1.807) is 7.11 Å². The van der Waals surface area contributed by atoms with Crippen LogP contribution in [0, 0.1) is 0 Å². The van der Waals surface area contributed by atoms with Gasteiger partial charge in [-0.1, -0.05) is 13.0 Å². The van der Waals surface area contributed by atoms with Crippen molar-refractivity contribution in [1.29, 1.82) is 0 Å². The minimum atomic E-state index is 0.314. The van der Waals surface area contributed by atoms with Crippen LogP contribution in [-0.2, 0) is 4.74 Å². The third kappa shape index (κ3) is 4.45. The van der Waals surface area contributed by atoms with E-state index in [9.17, 15) is 0 Å². The molecule has 1 aromatic carbocycles. The Morgan fingerprint density at radius 3 is 2.78 bits per heavy atom. The summed E-state index contributed by atoms with van der Waals surface area (Å²) in [5, 5.41) is 3.38. The molecule has 0 aliphatic carbocycles. The zero-order valence-electron chi connectivity index (χ0n) is 11.5. The van der Waals surface area contributed by atoms with Gasteiger partial charge in [-0.3, -0.25) is 0 Å². The van der Waals surface area contributed by atoms with Crippen LogP contribution in [0.5, 0.6) is 5.75 Å². The zero-order valence-corrected chi connectivity index (χ0v) is 11.5. The molecule has 1 aromatic rings. The molecule has 18 heavy (non-hydrogen) atoms. The fraction of sp³-hybridized carbons (Fsp3) is 0.571. The minimum Gasteiger partial charge on any atom is -0.491 e. The van der Waals surface area contributed by atoms with E-state index in [0.29, 0.717) is 18.3 Å². The van der Waals surface area contributed by atoms with Gasteiger partial charge in [0.05, 0.1) is 18.0 Å². The number of para-hydroxylation sites is 1. The highest BCUT2D eigenvalue weighted by Gasteiger charge is 2.08. The van der Waals surface area contributed by atoms with Crippen molar-refractivity contribution in [1.82, 2.24) is 0 Å². The monoisotopic (exact) mass is 252 g/mol. The van der Waals surface area contributed by atoms with E-state index < -0.39 is 0 Å². The molecule has 0 bridgehead atoms. The number of ether oxygens (including phenoxy) is 2. The number of anilines is 2. The molecule has 0 aromatic heterocycles. The SMILES string of the molecule is CCCOc1cccc(NC(C)CCOC)c1N. The first-order valence-corrected chi connectivity index (χ1v) is 6.45. The van der Waals surface area contributed by atoms with Crippen molar-refractivity contribution >= 4 is 11.4 Å². The standard InChI is InChI=1S/C14H24N2O2/c1-4-9-18-13-7-5-6-12(14(13)15)16-11(2)8-10-17-3/h5-7,11,16H,4,8-10,15H2,1-3H3. The molecule has 4 nitrogen and oxygen atoms in total. The number of hydrogen-bond acceptors (Lipinski definition) is 4. The zero-order chi connectivity index (χ0) is 13.4. The lowest BCUT2D eigenvalue weighted by Gasteiger charge is -2.18. The summed E-state index contributed by atoms with van der Waals surface area (Å²) >= 11 is 0. The molecule has 1 unspecified atom stereocenters. The molecule has 0 heterocycles. The van der Waals surface area contributed by atoms with Gasteiger partial charge in [-0.25, -0.2) is 0 Å². The van der Waals surface area contributed by atoms with Crippen LogP contribution in [0.2, 0.25) is 0 Å². The highest BCUT2D eigenvalue weighted by atomic mass is 16.5. The van der Waals surface area contributed by atoms with Crippen LogP contribution in [0.1, 0.15) is 26.7 Å². The molecule has 1 rings (SSSR count). The topological polar surface area (TPSA) is 56.5 Å². The first kappa shape index (κ1) is 14.6. The maximum Gasteiger partial charge on any atom is 0.144 e. The summed E-state index contributed by atoms with van der Waals surface area (Å²) in [5.41, 5.74) is 7.68. The molecule has 0 amide bonds. The van der Waals surface area contributed by atoms with Crippen LogP contribution in [-0.4, -0.2) is 26.4 Å². The third-order valence-electron chi connectivity index (χ3n) is 2.68. The van der Waals surface area contributed by atoms with Crippen molar-refractivity contribution in [2.24, 2.45) is 0 Å². The normalized spacial score (nSPS) is 12.2. The van der Waals surface area contributed by atoms with E-state index in [2.05, 4.69) is 19.2 Å². The highest BCUT2D eigenvalue weighted by Crippen LogP contribution is 2.30. The van der Waals surface area contributed by atoms with Crippen LogP contribution < -0.4 is 15.8 Å². The Morgan fingerprint density at radius 2 is 2.11 bits per heavy atom. The average Bonchev–Trinajstić information content (AvgIpc) is 2.37. The highest BCUT2D eigenvalue weighted by molar-refractivity contribution is 5.73. The maximum absolute atomic E-state index is 6.08. The second-order valence-electron chi connectivity index (χ2n) is 4.39. The molecular weight excluding hydrogens is 228 g/mol. The Kier molecular flexibility index (Phi) is 6.36. The molecule has 4 heteroatoms. The van der Waals surface area contributed by atoms with Gasteiger partial charge in [0, 0.05) is 19.8 Å². The second-order valence-corrected chi connectivity index (χ2v) is 4.39. The Hall–Kier alpha value is -1.42. The van der Waals surface area contributed by atoms with Gasteiger partial charge >= 0.3 is 0 Å². The van der Waals surface area contributed by atoms with Gasteiger partial charge in [-0.2, -0.15) is 0 Å². The largest absolute Gasteiger partial charge is 0.491 e. The molecule has 1 atom stereocenters. The van der Waals surface area contributed by atoms with Gasteiger partial charge in [0.2, 0.25) is 0 Å². The number of benzene rings is 1. The van der Waals surface area contributed by atoms with Gasteiger partial charge in [0.1, 0.15) is 5.75 Å². The number of hydrogen-bond donors (Lipinski definition) is 2. The van der Waals surface area contributed by atoms with Gasteiger partial charge in [-0.15, -0.1) is 0 Å². The fourth-order valence-electron chi connectivity index (χ4n) is 1.64.